The number of hydrogen-bond donors (Lipinski definition) is 1. The highest BCUT2D eigenvalue weighted by Crippen LogP contribution is 2.06. The van der Waals surface area contributed by atoms with Crippen LogP contribution in [0.4, 0.5) is 17.3 Å². The third-order valence-electron chi connectivity index (χ3n) is 0.908. The molecule has 0 saturated heterocycles. The molecule has 0 heterocycles. The van der Waals surface area contributed by atoms with Crippen LogP contribution in [0.2, 0.25) is 0 Å². The van der Waals surface area contributed by atoms with Gasteiger partial charge in [-0.2, -0.15) is 0 Å². The second kappa shape index (κ2) is 5.88. The lowest BCUT2D eigenvalue weighted by Gasteiger charge is -2.08. The van der Waals surface area contributed by atoms with Gasteiger partial charge < -0.3 is 27.5 Å². The van der Waals surface area contributed by atoms with Crippen molar-refractivity contribution in [2.75, 3.05) is 21.1 Å². The Morgan fingerprint density at radius 3 is 1.50 bits per heavy atom. The van der Waals surface area contributed by atoms with E-state index in [0.717, 1.165) is 5.82 Å². The molecule has 7 heteroatoms. The van der Waals surface area contributed by atoms with Gasteiger partial charge in [0.15, 0.2) is 5.82 Å². The zero-order valence-corrected chi connectivity index (χ0v) is 7.32. The fourth-order valence-electron chi connectivity index (χ4n) is 0.258. The molecule has 0 radical (unpaired) electrons. The Hall–Kier alpha value is -0.715. The largest absolute Gasteiger partial charge is 0.673 e. The van der Waals surface area contributed by atoms with Gasteiger partial charge in [0.2, 0.25) is 0 Å². The molecular formula is C5H13BF4N2. The molecule has 0 amide bonds. The van der Waals surface area contributed by atoms with Crippen molar-refractivity contribution in [1.82, 2.24) is 4.90 Å². The Morgan fingerprint density at radius 2 is 1.50 bits per heavy atom. The fraction of sp³-hybridized carbons (Fsp3) is 0.600. The van der Waals surface area contributed by atoms with Crippen LogP contribution in [0.3, 0.4) is 0 Å². The molecule has 74 valence electrons. The van der Waals surface area contributed by atoms with Crippen LogP contribution in [0.1, 0.15) is 0 Å². The lowest BCUT2D eigenvalue weighted by molar-refractivity contribution is -0.590. The minimum Gasteiger partial charge on any atom is -0.418 e. The van der Waals surface area contributed by atoms with Gasteiger partial charge in [-0.05, 0) is 6.58 Å². The quantitative estimate of drug-likeness (QED) is 0.494. The molecule has 0 aliphatic carbocycles. The van der Waals surface area contributed by atoms with Crippen molar-refractivity contribution < 1.29 is 22.6 Å². The summed E-state index contributed by atoms with van der Waals surface area (Å²) < 4.78 is 39.0. The first kappa shape index (κ1) is 13.8. The van der Waals surface area contributed by atoms with E-state index < -0.39 is 7.25 Å². The standard InChI is InChI=1S/C5H12N2.BF4/c1-5(6-2)7(3)4;2-1(3,4)5/h6H,1H2,2-4H3;/q;-1/p+1. The van der Waals surface area contributed by atoms with Gasteiger partial charge in [-0.1, -0.05) is 0 Å². The van der Waals surface area contributed by atoms with Crippen LogP contribution in [-0.2, 0) is 0 Å². The summed E-state index contributed by atoms with van der Waals surface area (Å²) in [4.78, 5) is 1.97. The number of nitrogens with zero attached hydrogens (tertiary/aromatic N) is 1. The average Bonchev–Trinajstić information content (AvgIpc) is 1.82. The maximum Gasteiger partial charge on any atom is 0.673 e. The Bertz CT molecular complexity index is 128. The van der Waals surface area contributed by atoms with Crippen LogP contribution >= 0.6 is 0 Å². The van der Waals surface area contributed by atoms with Crippen molar-refractivity contribution in [2.45, 2.75) is 0 Å². The van der Waals surface area contributed by atoms with Gasteiger partial charge in [0.05, 0.1) is 7.05 Å². The second-order valence-corrected chi connectivity index (χ2v) is 2.17. The van der Waals surface area contributed by atoms with Gasteiger partial charge in [0, 0.05) is 14.1 Å². The van der Waals surface area contributed by atoms with Crippen LogP contribution in [0, 0.1) is 0 Å². The summed E-state index contributed by atoms with van der Waals surface area (Å²) in [6, 6.07) is 0. The molecule has 0 saturated carbocycles. The highest BCUT2D eigenvalue weighted by Gasteiger charge is 2.20. The maximum atomic E-state index is 9.75. The predicted octanol–water partition coefficient (Wildman–Crippen LogP) is 0.512. The lowest BCUT2D eigenvalue weighted by Crippen LogP contribution is -2.79. The van der Waals surface area contributed by atoms with E-state index in [1.54, 1.807) is 0 Å². The average molecular weight is 188 g/mol. The Labute approximate surface area is 69.3 Å². The summed E-state index contributed by atoms with van der Waals surface area (Å²) in [5.74, 6) is 1.06. The van der Waals surface area contributed by atoms with E-state index in [1.807, 2.05) is 31.4 Å². The molecule has 0 aromatic rings. The maximum absolute atomic E-state index is 9.75. The lowest BCUT2D eigenvalue weighted by atomic mass is 10.3. The van der Waals surface area contributed by atoms with Crippen LogP contribution in [0.5, 0.6) is 0 Å². The molecule has 0 aromatic heterocycles. The molecular weight excluding hydrogens is 175 g/mol. The van der Waals surface area contributed by atoms with Gasteiger partial charge in [-0.15, -0.1) is 0 Å². The molecule has 0 atom stereocenters. The van der Waals surface area contributed by atoms with E-state index in [2.05, 4.69) is 6.58 Å². The highest BCUT2D eigenvalue weighted by atomic mass is 19.5. The topological polar surface area (TPSA) is 19.9 Å². The van der Waals surface area contributed by atoms with Crippen LogP contribution in [0.15, 0.2) is 12.4 Å². The first-order chi connectivity index (χ1) is 5.18. The van der Waals surface area contributed by atoms with E-state index in [1.165, 1.54) is 0 Å². The van der Waals surface area contributed by atoms with Crippen molar-refractivity contribution >= 4 is 7.25 Å². The van der Waals surface area contributed by atoms with E-state index in [0.29, 0.717) is 0 Å². The molecule has 0 aliphatic heterocycles. The molecule has 0 unspecified atom stereocenters. The summed E-state index contributed by atoms with van der Waals surface area (Å²) in [6.07, 6.45) is 0. The molecule has 2 nitrogen and oxygen atoms in total. The first-order valence-electron chi connectivity index (χ1n) is 3.21. The Balaban J connectivity index is 0. The zero-order valence-electron chi connectivity index (χ0n) is 7.32. The van der Waals surface area contributed by atoms with Crippen molar-refractivity contribution in [3.8, 4) is 0 Å². The van der Waals surface area contributed by atoms with Crippen LogP contribution < -0.4 is 5.32 Å². The number of halogens is 4. The fourth-order valence-corrected chi connectivity index (χ4v) is 0.258. The van der Waals surface area contributed by atoms with E-state index in [9.17, 15) is 17.3 Å². The molecule has 0 aliphatic rings. The Kier molecular flexibility index (Phi) is 6.78. The van der Waals surface area contributed by atoms with Crippen molar-refractivity contribution in [3.63, 3.8) is 0 Å². The van der Waals surface area contributed by atoms with E-state index >= 15 is 0 Å². The van der Waals surface area contributed by atoms with Gasteiger partial charge >= 0.3 is 7.25 Å². The number of quaternary nitrogens is 1. The second-order valence-electron chi connectivity index (χ2n) is 2.17. The summed E-state index contributed by atoms with van der Waals surface area (Å²) >= 11 is 0. The first-order valence-corrected chi connectivity index (χ1v) is 3.21. The summed E-state index contributed by atoms with van der Waals surface area (Å²) in [5.41, 5.74) is 0. The van der Waals surface area contributed by atoms with Crippen LogP contribution in [0.25, 0.3) is 0 Å². The number of nitrogens with two attached hydrogens (primary N) is 1. The smallest absolute Gasteiger partial charge is 0.418 e. The van der Waals surface area contributed by atoms with Gasteiger partial charge in [0.25, 0.3) is 0 Å². The predicted molar refractivity (Wildman–Crippen MR) is 40.9 cm³/mol. The molecule has 0 aromatic carbocycles. The van der Waals surface area contributed by atoms with E-state index in [-0.39, 0.29) is 0 Å². The third kappa shape index (κ3) is 22.8. The summed E-state index contributed by atoms with van der Waals surface area (Å²) in [7, 11) is -0.0764. The van der Waals surface area contributed by atoms with Crippen molar-refractivity contribution in [3.05, 3.63) is 12.4 Å². The van der Waals surface area contributed by atoms with Crippen molar-refractivity contribution in [1.29, 1.82) is 0 Å². The van der Waals surface area contributed by atoms with Crippen LogP contribution in [-0.4, -0.2) is 33.3 Å². The molecule has 12 heavy (non-hydrogen) atoms. The zero-order chi connectivity index (χ0) is 10.4. The number of rotatable bonds is 2. The molecule has 0 fully saturated rings. The molecule has 2 N–H and O–H groups in total. The SMILES string of the molecule is C=C([NH2+]C)N(C)C.F[B-](F)(F)F. The third-order valence-corrected chi connectivity index (χ3v) is 0.908. The van der Waals surface area contributed by atoms with Gasteiger partial charge in [-0.3, -0.25) is 0 Å². The molecule has 0 rings (SSSR count). The Morgan fingerprint density at radius 1 is 1.25 bits per heavy atom. The number of hydrogen-bond acceptors (Lipinski definition) is 1. The monoisotopic (exact) mass is 188 g/mol. The van der Waals surface area contributed by atoms with Gasteiger partial charge in [-0.25, -0.2) is 0 Å². The molecule has 0 spiro atoms. The summed E-state index contributed by atoms with van der Waals surface area (Å²) in [6.45, 7) is 3.74. The minimum atomic E-state index is -6.00. The van der Waals surface area contributed by atoms with Gasteiger partial charge in [0.1, 0.15) is 0 Å². The summed E-state index contributed by atoms with van der Waals surface area (Å²) in [5, 5.41) is 1.97. The van der Waals surface area contributed by atoms with E-state index in [4.69, 9.17) is 0 Å². The minimum absolute atomic E-state index is 1.06. The van der Waals surface area contributed by atoms with Crippen molar-refractivity contribution in [2.24, 2.45) is 0 Å². The highest BCUT2D eigenvalue weighted by molar-refractivity contribution is 6.50. The normalized spacial score (nSPS) is 9.92. The molecule has 0 bridgehead atoms.